The van der Waals surface area contributed by atoms with Gasteiger partial charge in [-0.2, -0.15) is 10.4 Å². The Kier molecular flexibility index (Phi) is 4.17. The van der Waals surface area contributed by atoms with E-state index in [9.17, 15) is 0 Å². The molecule has 4 nitrogen and oxygen atoms in total. The number of nitriles is 1. The molecule has 0 aliphatic carbocycles. The van der Waals surface area contributed by atoms with Crippen molar-refractivity contribution in [2.24, 2.45) is 10.9 Å². The molecule has 0 spiro atoms. The highest BCUT2D eigenvalue weighted by molar-refractivity contribution is 5.80. The van der Waals surface area contributed by atoms with Crippen molar-refractivity contribution in [1.82, 2.24) is 0 Å². The average Bonchev–Trinajstić information content (AvgIpc) is 2.27. The average molecular weight is 202 g/mol. The summed E-state index contributed by atoms with van der Waals surface area (Å²) in [5.74, 6) is 5.05. The van der Waals surface area contributed by atoms with Gasteiger partial charge < -0.3 is 10.7 Å². The minimum atomic E-state index is 0.530. The molecule has 2 N–H and O–H groups in total. The van der Waals surface area contributed by atoms with Crippen molar-refractivity contribution in [2.75, 3.05) is 18.5 Å². The third kappa shape index (κ3) is 3.31. The van der Waals surface area contributed by atoms with E-state index in [0.29, 0.717) is 6.42 Å². The van der Waals surface area contributed by atoms with Crippen molar-refractivity contribution in [1.29, 1.82) is 5.26 Å². The van der Waals surface area contributed by atoms with E-state index in [0.717, 1.165) is 17.8 Å². The van der Waals surface area contributed by atoms with Gasteiger partial charge in [-0.05, 0) is 17.7 Å². The third-order valence-corrected chi connectivity index (χ3v) is 2.12. The van der Waals surface area contributed by atoms with Crippen LogP contribution in [0.3, 0.4) is 0 Å². The van der Waals surface area contributed by atoms with Crippen molar-refractivity contribution in [3.8, 4) is 6.07 Å². The third-order valence-electron chi connectivity index (χ3n) is 2.12. The molecule has 0 unspecified atom stereocenters. The lowest BCUT2D eigenvalue weighted by Crippen LogP contribution is -2.17. The van der Waals surface area contributed by atoms with Crippen LogP contribution in [-0.4, -0.2) is 19.8 Å². The number of anilines is 1. The van der Waals surface area contributed by atoms with E-state index in [1.807, 2.05) is 36.2 Å². The molecule has 0 fully saturated rings. The van der Waals surface area contributed by atoms with Crippen LogP contribution in [0.1, 0.15) is 12.0 Å². The zero-order valence-electron chi connectivity index (χ0n) is 8.72. The number of hydrogen-bond acceptors (Lipinski definition) is 4. The Morgan fingerprint density at radius 2 is 2.13 bits per heavy atom. The van der Waals surface area contributed by atoms with Crippen LogP contribution in [0.5, 0.6) is 0 Å². The summed E-state index contributed by atoms with van der Waals surface area (Å²) in [7, 11) is 1.96. The van der Waals surface area contributed by atoms with Crippen LogP contribution in [0, 0.1) is 11.3 Å². The summed E-state index contributed by atoms with van der Waals surface area (Å²) < 4.78 is 0. The summed E-state index contributed by atoms with van der Waals surface area (Å²) in [6, 6.07) is 9.96. The van der Waals surface area contributed by atoms with Crippen molar-refractivity contribution >= 4 is 11.9 Å². The molecule has 1 aromatic rings. The molecular weight excluding hydrogens is 188 g/mol. The van der Waals surface area contributed by atoms with Crippen LogP contribution < -0.4 is 10.7 Å². The number of hydrazone groups is 1. The number of rotatable bonds is 4. The summed E-state index contributed by atoms with van der Waals surface area (Å²) >= 11 is 0. The van der Waals surface area contributed by atoms with Gasteiger partial charge in [-0.3, -0.25) is 0 Å². The van der Waals surface area contributed by atoms with E-state index in [1.165, 1.54) is 0 Å². The Bertz CT molecular complexity index is 361. The van der Waals surface area contributed by atoms with Crippen molar-refractivity contribution < 1.29 is 0 Å². The van der Waals surface area contributed by atoms with Gasteiger partial charge in [0.15, 0.2) is 0 Å². The Balaban J connectivity index is 2.67. The molecule has 0 radical (unpaired) electrons. The lowest BCUT2D eigenvalue weighted by molar-refractivity contribution is 0.905. The van der Waals surface area contributed by atoms with Gasteiger partial charge in [0.25, 0.3) is 0 Å². The predicted molar refractivity (Wildman–Crippen MR) is 61.7 cm³/mol. The van der Waals surface area contributed by atoms with Crippen LogP contribution in [0.25, 0.3) is 0 Å². The fourth-order valence-electron chi connectivity index (χ4n) is 1.25. The predicted octanol–water partition coefficient (Wildman–Crippen LogP) is 1.33. The molecule has 0 bridgehead atoms. The minimum Gasteiger partial charge on any atom is -0.374 e. The Morgan fingerprint density at radius 1 is 1.47 bits per heavy atom. The van der Waals surface area contributed by atoms with Crippen LogP contribution in [-0.2, 0) is 0 Å². The molecule has 0 saturated heterocycles. The van der Waals surface area contributed by atoms with Crippen LogP contribution in [0.15, 0.2) is 29.4 Å². The lowest BCUT2D eigenvalue weighted by atomic mass is 10.2. The largest absolute Gasteiger partial charge is 0.374 e. The SMILES string of the molecule is CN(CCC#N)c1ccc(C=NN)cc1. The molecule has 0 atom stereocenters. The smallest absolute Gasteiger partial charge is 0.0640 e. The molecule has 0 saturated carbocycles. The second-order valence-corrected chi connectivity index (χ2v) is 3.20. The van der Waals surface area contributed by atoms with Crippen molar-refractivity contribution in [3.63, 3.8) is 0 Å². The maximum absolute atomic E-state index is 8.47. The number of benzene rings is 1. The second-order valence-electron chi connectivity index (χ2n) is 3.20. The number of nitrogens with zero attached hydrogens (tertiary/aromatic N) is 3. The van der Waals surface area contributed by atoms with E-state index in [4.69, 9.17) is 11.1 Å². The van der Waals surface area contributed by atoms with Gasteiger partial charge in [0.2, 0.25) is 0 Å². The van der Waals surface area contributed by atoms with Gasteiger partial charge in [-0.1, -0.05) is 12.1 Å². The summed E-state index contributed by atoms with van der Waals surface area (Å²) in [5, 5.41) is 11.9. The molecule has 0 heterocycles. The Morgan fingerprint density at radius 3 is 2.67 bits per heavy atom. The highest BCUT2D eigenvalue weighted by atomic mass is 15.1. The van der Waals surface area contributed by atoms with Crippen LogP contribution >= 0.6 is 0 Å². The van der Waals surface area contributed by atoms with Gasteiger partial charge in [-0.15, -0.1) is 0 Å². The molecule has 0 amide bonds. The van der Waals surface area contributed by atoms with E-state index in [-0.39, 0.29) is 0 Å². The lowest BCUT2D eigenvalue weighted by Gasteiger charge is -2.17. The molecular formula is C11H14N4. The maximum Gasteiger partial charge on any atom is 0.0640 e. The molecule has 1 aromatic carbocycles. The minimum absolute atomic E-state index is 0.530. The molecule has 0 aliphatic rings. The fourth-order valence-corrected chi connectivity index (χ4v) is 1.25. The van der Waals surface area contributed by atoms with Gasteiger partial charge in [-0.25, -0.2) is 0 Å². The normalized spacial score (nSPS) is 10.1. The monoisotopic (exact) mass is 202 g/mol. The van der Waals surface area contributed by atoms with E-state index in [1.54, 1.807) is 6.21 Å². The van der Waals surface area contributed by atoms with Crippen molar-refractivity contribution in [3.05, 3.63) is 29.8 Å². The first-order chi connectivity index (χ1) is 7.27. The van der Waals surface area contributed by atoms with Crippen LogP contribution in [0.2, 0.25) is 0 Å². The zero-order chi connectivity index (χ0) is 11.1. The molecule has 78 valence electrons. The number of hydrogen-bond donors (Lipinski definition) is 1. The van der Waals surface area contributed by atoms with Crippen molar-refractivity contribution in [2.45, 2.75) is 6.42 Å². The first-order valence-corrected chi connectivity index (χ1v) is 4.69. The second kappa shape index (κ2) is 5.66. The first kappa shape index (κ1) is 11.1. The van der Waals surface area contributed by atoms with Gasteiger partial charge in [0, 0.05) is 19.3 Å². The molecule has 4 heteroatoms. The Hall–Kier alpha value is -2.02. The summed E-state index contributed by atoms with van der Waals surface area (Å²) in [5.41, 5.74) is 2.05. The van der Waals surface area contributed by atoms with E-state index >= 15 is 0 Å². The zero-order valence-corrected chi connectivity index (χ0v) is 8.72. The standard InChI is InChI=1S/C11H14N4/c1-15(8-2-7-12)11-5-3-10(4-6-11)9-14-13/h3-6,9H,2,8,13H2,1H3. The van der Waals surface area contributed by atoms with Crippen LogP contribution in [0.4, 0.5) is 5.69 Å². The summed E-state index contributed by atoms with van der Waals surface area (Å²) in [4.78, 5) is 2.03. The van der Waals surface area contributed by atoms with Gasteiger partial charge in [0.1, 0.15) is 0 Å². The summed E-state index contributed by atoms with van der Waals surface area (Å²) in [6.45, 7) is 0.737. The molecule has 0 aliphatic heterocycles. The van der Waals surface area contributed by atoms with Gasteiger partial charge in [0.05, 0.1) is 18.7 Å². The topological polar surface area (TPSA) is 65.4 Å². The van der Waals surface area contributed by atoms with E-state index in [2.05, 4.69) is 11.2 Å². The molecule has 0 aromatic heterocycles. The number of nitrogens with two attached hydrogens (primary N) is 1. The Labute approximate surface area is 89.6 Å². The first-order valence-electron chi connectivity index (χ1n) is 4.69. The maximum atomic E-state index is 8.47. The molecule has 15 heavy (non-hydrogen) atoms. The highest BCUT2D eigenvalue weighted by Crippen LogP contribution is 2.12. The summed E-state index contributed by atoms with van der Waals surface area (Å²) in [6.07, 6.45) is 2.13. The highest BCUT2D eigenvalue weighted by Gasteiger charge is 1.99. The fraction of sp³-hybridized carbons (Fsp3) is 0.273. The van der Waals surface area contributed by atoms with E-state index < -0.39 is 0 Å². The molecule has 1 rings (SSSR count). The van der Waals surface area contributed by atoms with Gasteiger partial charge >= 0.3 is 0 Å². The quantitative estimate of drug-likeness (QED) is 0.455.